The summed E-state index contributed by atoms with van der Waals surface area (Å²) in [5.74, 6) is 0.0589. The minimum absolute atomic E-state index is 0.0262. The normalized spacial score (nSPS) is 10.1. The zero-order valence-electron chi connectivity index (χ0n) is 15.1. The lowest BCUT2D eigenvalue weighted by Crippen LogP contribution is -2.28. The molecule has 144 valence electrons. The van der Waals surface area contributed by atoms with Crippen molar-refractivity contribution >= 4 is 11.9 Å². The second kappa shape index (κ2) is 10.8. The molecule has 0 fully saturated rings. The van der Waals surface area contributed by atoms with Crippen molar-refractivity contribution in [1.29, 1.82) is 0 Å². The van der Waals surface area contributed by atoms with Crippen molar-refractivity contribution in [1.82, 2.24) is 5.32 Å². The van der Waals surface area contributed by atoms with E-state index >= 15 is 0 Å². The van der Waals surface area contributed by atoms with Gasteiger partial charge >= 0.3 is 5.97 Å². The van der Waals surface area contributed by atoms with Crippen LogP contribution in [-0.4, -0.2) is 31.7 Å². The van der Waals surface area contributed by atoms with Gasteiger partial charge in [-0.05, 0) is 48.9 Å². The van der Waals surface area contributed by atoms with Crippen LogP contribution in [0.5, 0.6) is 11.5 Å². The number of benzene rings is 2. The summed E-state index contributed by atoms with van der Waals surface area (Å²) in [4.78, 5) is 23.3. The van der Waals surface area contributed by atoms with Gasteiger partial charge in [-0.25, -0.2) is 4.39 Å². The van der Waals surface area contributed by atoms with Crippen molar-refractivity contribution in [3.05, 3.63) is 59.9 Å². The first-order valence-corrected chi connectivity index (χ1v) is 8.59. The SMILES string of the molecule is CCOc1ccc(OCCC(=O)OCC(=O)NCc2ccc(F)cc2)cc1. The minimum atomic E-state index is -0.530. The van der Waals surface area contributed by atoms with Crippen LogP contribution in [0.25, 0.3) is 0 Å². The van der Waals surface area contributed by atoms with Gasteiger partial charge in [-0.15, -0.1) is 0 Å². The molecule has 2 aromatic carbocycles. The Balaban J connectivity index is 1.59. The number of amides is 1. The molecule has 0 heterocycles. The molecule has 0 saturated carbocycles. The zero-order valence-corrected chi connectivity index (χ0v) is 15.1. The largest absolute Gasteiger partial charge is 0.494 e. The lowest BCUT2D eigenvalue weighted by molar-refractivity contribution is -0.149. The third-order valence-electron chi connectivity index (χ3n) is 3.48. The molecule has 0 spiro atoms. The van der Waals surface area contributed by atoms with Gasteiger partial charge in [0.2, 0.25) is 0 Å². The van der Waals surface area contributed by atoms with E-state index in [1.165, 1.54) is 12.1 Å². The molecule has 6 nitrogen and oxygen atoms in total. The lowest BCUT2D eigenvalue weighted by atomic mass is 10.2. The molecule has 27 heavy (non-hydrogen) atoms. The summed E-state index contributed by atoms with van der Waals surface area (Å²) in [6.45, 7) is 2.49. The molecule has 0 aliphatic heterocycles. The summed E-state index contributed by atoms with van der Waals surface area (Å²) in [7, 11) is 0. The first kappa shape index (κ1) is 20.2. The van der Waals surface area contributed by atoms with Crippen molar-refractivity contribution in [2.75, 3.05) is 19.8 Å². The van der Waals surface area contributed by atoms with Crippen LogP contribution >= 0.6 is 0 Å². The molecule has 0 saturated heterocycles. The first-order valence-electron chi connectivity index (χ1n) is 8.59. The molecule has 0 aromatic heterocycles. The van der Waals surface area contributed by atoms with Crippen molar-refractivity contribution in [2.45, 2.75) is 19.9 Å². The van der Waals surface area contributed by atoms with Crippen LogP contribution in [0.15, 0.2) is 48.5 Å². The average molecular weight is 375 g/mol. The molecular weight excluding hydrogens is 353 g/mol. The van der Waals surface area contributed by atoms with Crippen molar-refractivity contribution < 1.29 is 28.2 Å². The highest BCUT2D eigenvalue weighted by Crippen LogP contribution is 2.17. The molecule has 2 rings (SSSR count). The Bertz CT molecular complexity index is 731. The summed E-state index contributed by atoms with van der Waals surface area (Å²) >= 11 is 0. The van der Waals surface area contributed by atoms with Crippen LogP contribution in [0.2, 0.25) is 0 Å². The maximum Gasteiger partial charge on any atom is 0.309 e. The van der Waals surface area contributed by atoms with Gasteiger partial charge in [0.1, 0.15) is 17.3 Å². The number of hydrogen-bond donors (Lipinski definition) is 1. The average Bonchev–Trinajstić information content (AvgIpc) is 2.67. The maximum atomic E-state index is 12.8. The van der Waals surface area contributed by atoms with E-state index in [9.17, 15) is 14.0 Å². The number of esters is 1. The number of rotatable bonds is 10. The van der Waals surface area contributed by atoms with Crippen LogP contribution in [0.4, 0.5) is 4.39 Å². The fourth-order valence-corrected chi connectivity index (χ4v) is 2.12. The number of carbonyl (C=O) groups is 2. The Morgan fingerprint density at radius 2 is 1.59 bits per heavy atom. The van der Waals surface area contributed by atoms with Gasteiger partial charge in [0.15, 0.2) is 6.61 Å². The Morgan fingerprint density at radius 1 is 0.963 bits per heavy atom. The maximum absolute atomic E-state index is 12.8. The highest BCUT2D eigenvalue weighted by atomic mass is 19.1. The molecule has 0 aliphatic carbocycles. The number of carbonyl (C=O) groups excluding carboxylic acids is 2. The molecule has 0 bridgehead atoms. The van der Waals surface area contributed by atoms with Gasteiger partial charge in [-0.1, -0.05) is 12.1 Å². The predicted octanol–water partition coefficient (Wildman–Crippen LogP) is 2.85. The Kier molecular flexibility index (Phi) is 8.09. The molecule has 2 aromatic rings. The van der Waals surface area contributed by atoms with Gasteiger partial charge in [-0.3, -0.25) is 9.59 Å². The quantitative estimate of drug-likeness (QED) is 0.647. The number of halogens is 1. The monoisotopic (exact) mass is 375 g/mol. The van der Waals surface area contributed by atoms with E-state index in [1.54, 1.807) is 36.4 Å². The first-order chi connectivity index (χ1) is 13.1. The fourth-order valence-electron chi connectivity index (χ4n) is 2.12. The highest BCUT2D eigenvalue weighted by Gasteiger charge is 2.08. The lowest BCUT2D eigenvalue weighted by Gasteiger charge is -2.08. The number of nitrogens with one attached hydrogen (secondary N) is 1. The van der Waals surface area contributed by atoms with Gasteiger partial charge in [0.25, 0.3) is 5.91 Å². The van der Waals surface area contributed by atoms with Crippen LogP contribution < -0.4 is 14.8 Å². The van der Waals surface area contributed by atoms with Crippen LogP contribution in [0, 0.1) is 5.82 Å². The Morgan fingerprint density at radius 3 is 2.22 bits per heavy atom. The topological polar surface area (TPSA) is 73.9 Å². The van der Waals surface area contributed by atoms with Crippen molar-refractivity contribution in [3.8, 4) is 11.5 Å². The molecule has 1 amide bonds. The summed E-state index contributed by atoms with van der Waals surface area (Å²) < 4.78 is 28.5. The molecule has 0 atom stereocenters. The van der Waals surface area contributed by atoms with Crippen LogP contribution in [0.1, 0.15) is 18.9 Å². The van der Waals surface area contributed by atoms with E-state index in [4.69, 9.17) is 14.2 Å². The van der Waals surface area contributed by atoms with E-state index in [0.717, 1.165) is 11.3 Å². The summed E-state index contributed by atoms with van der Waals surface area (Å²) in [6, 6.07) is 12.8. The van der Waals surface area contributed by atoms with Crippen LogP contribution in [-0.2, 0) is 20.9 Å². The number of hydrogen-bond acceptors (Lipinski definition) is 5. The molecule has 1 N–H and O–H groups in total. The van der Waals surface area contributed by atoms with Crippen molar-refractivity contribution in [3.63, 3.8) is 0 Å². The zero-order chi connectivity index (χ0) is 19.5. The molecule has 0 radical (unpaired) electrons. The summed E-state index contributed by atoms with van der Waals surface area (Å²) in [5, 5.41) is 2.59. The molecule has 0 unspecified atom stereocenters. The third-order valence-corrected chi connectivity index (χ3v) is 3.48. The standard InChI is InChI=1S/C20H22FNO5/c1-2-25-17-7-9-18(10-8-17)26-12-11-20(24)27-14-19(23)22-13-15-3-5-16(21)6-4-15/h3-10H,2,11-14H2,1H3,(H,22,23). The van der Waals surface area contributed by atoms with Crippen molar-refractivity contribution in [2.24, 2.45) is 0 Å². The van der Waals surface area contributed by atoms with Gasteiger partial charge in [0.05, 0.1) is 19.6 Å². The van der Waals surface area contributed by atoms with Crippen LogP contribution in [0.3, 0.4) is 0 Å². The summed E-state index contributed by atoms with van der Waals surface area (Å²) in [6.07, 6.45) is 0.0262. The summed E-state index contributed by atoms with van der Waals surface area (Å²) in [5.41, 5.74) is 0.750. The molecular formula is C20H22FNO5. The smallest absolute Gasteiger partial charge is 0.309 e. The number of ether oxygens (including phenoxy) is 3. The molecule has 7 heteroatoms. The van der Waals surface area contributed by atoms with E-state index in [0.29, 0.717) is 12.4 Å². The highest BCUT2D eigenvalue weighted by molar-refractivity contribution is 5.80. The van der Waals surface area contributed by atoms with E-state index in [-0.39, 0.29) is 32.0 Å². The van der Waals surface area contributed by atoms with Gasteiger partial charge in [0, 0.05) is 6.54 Å². The van der Waals surface area contributed by atoms with E-state index in [1.807, 2.05) is 6.92 Å². The Labute approximate surface area is 157 Å². The van der Waals surface area contributed by atoms with E-state index < -0.39 is 11.9 Å². The van der Waals surface area contributed by atoms with E-state index in [2.05, 4.69) is 5.32 Å². The third kappa shape index (κ3) is 7.77. The second-order valence-electron chi connectivity index (χ2n) is 5.57. The Hall–Kier alpha value is -3.09. The molecule has 0 aliphatic rings. The predicted molar refractivity (Wildman–Crippen MR) is 96.9 cm³/mol. The minimum Gasteiger partial charge on any atom is -0.494 e. The second-order valence-corrected chi connectivity index (χ2v) is 5.57. The van der Waals surface area contributed by atoms with Gasteiger partial charge in [-0.2, -0.15) is 0 Å². The van der Waals surface area contributed by atoms with Gasteiger partial charge < -0.3 is 19.5 Å². The fraction of sp³-hybridized carbons (Fsp3) is 0.300.